The molecule has 0 radical (unpaired) electrons. The van der Waals surface area contributed by atoms with E-state index in [1.54, 1.807) is 0 Å². The molecule has 0 saturated carbocycles. The monoisotopic (exact) mass is 208 g/mol. The fourth-order valence-electron chi connectivity index (χ4n) is 0.417. The van der Waals surface area contributed by atoms with Gasteiger partial charge in [-0.15, -0.1) is 0 Å². The molecule has 0 unspecified atom stereocenters. The predicted octanol–water partition coefficient (Wildman–Crippen LogP) is -1.23. The SMILES string of the molecule is N#C[B-](F)(C#N)C(F)(F)C(F)(F)F.[Li+]. The minimum atomic E-state index is -6.24. The van der Waals surface area contributed by atoms with Crippen LogP contribution in [0.15, 0.2) is 0 Å². The van der Waals surface area contributed by atoms with E-state index in [1.165, 1.54) is 0 Å². The van der Waals surface area contributed by atoms with Crippen molar-refractivity contribution < 1.29 is 45.1 Å². The van der Waals surface area contributed by atoms with Gasteiger partial charge in [0.2, 0.25) is 0 Å². The Morgan fingerprint density at radius 1 is 0.929 bits per heavy atom. The summed E-state index contributed by atoms with van der Waals surface area (Å²) in [6, 6.07) is 0. The van der Waals surface area contributed by atoms with Gasteiger partial charge in [-0.1, -0.05) is 11.9 Å². The van der Waals surface area contributed by atoms with Gasteiger partial charge in [0, 0.05) is 0 Å². The molecular formula is C4BF6LiN2. The average molecular weight is 208 g/mol. The van der Waals surface area contributed by atoms with Crippen molar-refractivity contribution in [2.45, 2.75) is 12.0 Å². The minimum Gasteiger partial charge on any atom is -0.476 e. The van der Waals surface area contributed by atoms with Crippen molar-refractivity contribution in [2.24, 2.45) is 0 Å². The second-order valence-corrected chi connectivity index (χ2v) is 2.14. The van der Waals surface area contributed by atoms with Crippen molar-refractivity contribution in [3.63, 3.8) is 0 Å². The Morgan fingerprint density at radius 3 is 1.29 bits per heavy atom. The van der Waals surface area contributed by atoms with Gasteiger partial charge in [-0.2, -0.15) is 13.2 Å². The van der Waals surface area contributed by atoms with Crippen molar-refractivity contribution >= 4 is 6.42 Å². The first-order valence-electron chi connectivity index (χ1n) is 2.73. The Balaban J connectivity index is 0. The number of rotatable bonds is 1. The molecule has 2 nitrogen and oxygen atoms in total. The van der Waals surface area contributed by atoms with Crippen LogP contribution in [0.2, 0.25) is 0 Å². The Kier molecular flexibility index (Phi) is 4.67. The molecule has 72 valence electrons. The first-order valence-corrected chi connectivity index (χ1v) is 2.73. The van der Waals surface area contributed by atoms with E-state index in [2.05, 4.69) is 0 Å². The maximum Gasteiger partial charge on any atom is 1.00 e. The standard InChI is InChI=1S/C4BF6N2.Li/c6-3(7,4(8,9)10)5(11,1-12)2-13;/q-1;+1. The first kappa shape index (κ1) is 15.7. The van der Waals surface area contributed by atoms with Gasteiger partial charge in [0.25, 0.3) is 5.82 Å². The molecule has 14 heavy (non-hydrogen) atoms. The Morgan fingerprint density at radius 2 is 1.21 bits per heavy atom. The third-order valence-electron chi connectivity index (χ3n) is 1.23. The molecule has 0 saturated heterocycles. The summed E-state index contributed by atoms with van der Waals surface area (Å²) in [6.45, 7) is 0. The van der Waals surface area contributed by atoms with Crippen LogP contribution < -0.4 is 18.9 Å². The van der Waals surface area contributed by atoms with Gasteiger partial charge in [0.05, 0.1) is 0 Å². The van der Waals surface area contributed by atoms with Crippen LogP contribution in [-0.2, 0) is 0 Å². The zero-order valence-electron chi connectivity index (χ0n) is 6.74. The van der Waals surface area contributed by atoms with E-state index in [0.29, 0.717) is 0 Å². The molecule has 0 heterocycles. The molecule has 0 amide bonds. The fourth-order valence-corrected chi connectivity index (χ4v) is 0.417. The van der Waals surface area contributed by atoms with E-state index in [0.717, 1.165) is 0 Å². The Hall–Kier alpha value is -0.778. The second kappa shape index (κ2) is 4.17. The van der Waals surface area contributed by atoms with E-state index < -0.39 is 18.4 Å². The summed E-state index contributed by atoms with van der Waals surface area (Å²) in [4.78, 5) is 0. The largest absolute Gasteiger partial charge is 1.00 e. The normalized spacial score (nSPS) is 12.3. The summed E-state index contributed by atoms with van der Waals surface area (Å²) < 4.78 is 70.8. The van der Waals surface area contributed by atoms with E-state index in [9.17, 15) is 26.3 Å². The third-order valence-corrected chi connectivity index (χ3v) is 1.23. The van der Waals surface area contributed by atoms with Gasteiger partial charge in [0.1, 0.15) is 0 Å². The van der Waals surface area contributed by atoms with Gasteiger partial charge in [-0.25, -0.2) is 19.3 Å². The van der Waals surface area contributed by atoms with Gasteiger partial charge < -0.3 is 4.32 Å². The molecule has 0 rings (SSSR count). The molecular weight excluding hydrogens is 208 g/mol. The van der Waals surface area contributed by atoms with Gasteiger partial charge in [-0.05, 0) is 0 Å². The summed E-state index contributed by atoms with van der Waals surface area (Å²) in [7, 11) is 0. The molecule has 0 atom stereocenters. The van der Waals surface area contributed by atoms with E-state index in [-0.39, 0.29) is 30.8 Å². The maximum atomic E-state index is 12.4. The van der Waals surface area contributed by atoms with Gasteiger partial charge in [-0.3, -0.25) is 0 Å². The summed E-state index contributed by atoms with van der Waals surface area (Å²) in [5.41, 5.74) is 0. The summed E-state index contributed by atoms with van der Waals surface area (Å²) in [5.74, 6) is -5.85. The van der Waals surface area contributed by atoms with E-state index in [1.807, 2.05) is 0 Å². The molecule has 0 aliphatic rings. The number of hydrogen-bond donors (Lipinski definition) is 0. The number of halogens is 6. The molecule has 0 fully saturated rings. The second-order valence-electron chi connectivity index (χ2n) is 2.14. The van der Waals surface area contributed by atoms with Crippen LogP contribution in [-0.4, -0.2) is 18.4 Å². The van der Waals surface area contributed by atoms with Crippen LogP contribution >= 0.6 is 0 Å². The van der Waals surface area contributed by atoms with Crippen LogP contribution in [0, 0.1) is 22.5 Å². The minimum absolute atomic E-state index is 0. The van der Waals surface area contributed by atoms with Crippen LogP contribution in [0.4, 0.5) is 26.3 Å². The molecule has 0 aliphatic carbocycles. The first-order chi connectivity index (χ1) is 5.62. The van der Waals surface area contributed by atoms with E-state index in [4.69, 9.17) is 10.5 Å². The number of nitriles is 2. The zero-order chi connectivity index (χ0) is 10.9. The van der Waals surface area contributed by atoms with E-state index >= 15 is 0 Å². The average Bonchev–Trinajstić information content (AvgIpc) is 2.00. The summed E-state index contributed by atoms with van der Waals surface area (Å²) in [5, 5.41) is 15.4. The quantitative estimate of drug-likeness (QED) is 0.400. The molecule has 0 aromatic heterocycles. The zero-order valence-corrected chi connectivity index (χ0v) is 6.74. The smallest absolute Gasteiger partial charge is 0.476 e. The Labute approximate surface area is 86.6 Å². The van der Waals surface area contributed by atoms with Crippen LogP contribution in [0.25, 0.3) is 0 Å². The topological polar surface area (TPSA) is 47.6 Å². The predicted molar refractivity (Wildman–Crippen MR) is 29.1 cm³/mol. The summed E-state index contributed by atoms with van der Waals surface area (Å²) >= 11 is 0. The number of nitrogens with zero attached hydrogens (tertiary/aromatic N) is 2. The van der Waals surface area contributed by atoms with Crippen molar-refractivity contribution in [3.05, 3.63) is 0 Å². The molecule has 0 aromatic rings. The van der Waals surface area contributed by atoms with Gasteiger partial charge in [0.15, 0.2) is 0 Å². The molecule has 0 bridgehead atoms. The summed E-state index contributed by atoms with van der Waals surface area (Å²) in [6.07, 6.45) is -11.8. The van der Waals surface area contributed by atoms with Crippen LogP contribution in [0.5, 0.6) is 0 Å². The molecule has 10 heteroatoms. The van der Waals surface area contributed by atoms with Crippen molar-refractivity contribution in [2.75, 3.05) is 0 Å². The maximum absolute atomic E-state index is 12.4. The molecule has 0 spiro atoms. The van der Waals surface area contributed by atoms with Crippen molar-refractivity contribution in [3.8, 4) is 11.9 Å². The van der Waals surface area contributed by atoms with Crippen molar-refractivity contribution in [1.82, 2.24) is 0 Å². The third kappa shape index (κ3) is 2.17. The fraction of sp³-hybridized carbons (Fsp3) is 0.500. The Bertz CT molecular complexity index is 274. The molecule has 0 N–H and O–H groups in total. The van der Waals surface area contributed by atoms with Crippen LogP contribution in [0.3, 0.4) is 0 Å². The van der Waals surface area contributed by atoms with Gasteiger partial charge >= 0.3 is 31.5 Å². The molecule has 0 aromatic carbocycles. The van der Waals surface area contributed by atoms with Crippen LogP contribution in [0.1, 0.15) is 0 Å². The number of alkyl halides is 5. The van der Waals surface area contributed by atoms with Crippen molar-refractivity contribution in [1.29, 1.82) is 10.5 Å². The molecule has 0 aliphatic heterocycles. The number of hydrogen-bond acceptors (Lipinski definition) is 2.